The molecule has 0 amide bonds. The molecule has 1 aromatic rings. The largest absolute Gasteiger partial charge is 0.401 e. The van der Waals surface area contributed by atoms with Crippen LogP contribution in [0.1, 0.15) is 29.3 Å². The van der Waals surface area contributed by atoms with Crippen LogP contribution in [0, 0.1) is 0 Å². The number of hydrogen-bond donors (Lipinski definition) is 0. The number of ether oxygens (including phenoxy) is 1. The number of aromatic nitrogens is 1. The van der Waals surface area contributed by atoms with Crippen molar-refractivity contribution in [3.05, 3.63) is 35.7 Å². The fourth-order valence-corrected chi connectivity index (χ4v) is 2.54. The topological polar surface area (TPSA) is 25.4 Å². The first-order valence-electron chi connectivity index (χ1n) is 6.84. The minimum absolute atomic E-state index is 0.160. The summed E-state index contributed by atoms with van der Waals surface area (Å²) in [5.74, 6) is 0.214. The second-order valence-corrected chi connectivity index (χ2v) is 5.32. The normalized spacial score (nSPS) is 19.2. The fourth-order valence-electron chi connectivity index (χ4n) is 2.54. The molecule has 1 fully saturated rings. The maximum Gasteiger partial charge on any atom is 0.401 e. The van der Waals surface area contributed by atoms with E-state index in [-0.39, 0.29) is 12.5 Å². The van der Waals surface area contributed by atoms with Crippen LogP contribution in [0.2, 0.25) is 0 Å². The molecule has 1 unspecified atom stereocenters. The summed E-state index contributed by atoms with van der Waals surface area (Å²) < 4.78 is 42.7. The van der Waals surface area contributed by atoms with Crippen molar-refractivity contribution in [3.63, 3.8) is 0 Å². The van der Waals surface area contributed by atoms with Gasteiger partial charge in [0.05, 0.1) is 24.5 Å². The maximum atomic E-state index is 12.5. The number of halogens is 3. The summed E-state index contributed by atoms with van der Waals surface area (Å²) in [5, 5.41) is 0. The Morgan fingerprint density at radius 2 is 2.24 bits per heavy atom. The van der Waals surface area contributed by atoms with Crippen molar-refractivity contribution in [2.75, 3.05) is 26.8 Å². The molecule has 1 aliphatic heterocycles. The van der Waals surface area contributed by atoms with Gasteiger partial charge in [0.25, 0.3) is 0 Å². The van der Waals surface area contributed by atoms with E-state index >= 15 is 0 Å². The summed E-state index contributed by atoms with van der Waals surface area (Å²) in [4.78, 5) is 5.65. The summed E-state index contributed by atoms with van der Waals surface area (Å²) >= 11 is 0. The van der Waals surface area contributed by atoms with Crippen molar-refractivity contribution in [1.29, 1.82) is 0 Å². The smallest absolute Gasteiger partial charge is 0.381 e. The zero-order chi connectivity index (χ0) is 15.5. The lowest BCUT2D eigenvalue weighted by Gasteiger charge is -2.21. The highest BCUT2D eigenvalue weighted by molar-refractivity contribution is 5.43. The van der Waals surface area contributed by atoms with Crippen LogP contribution in [-0.4, -0.2) is 42.9 Å². The summed E-state index contributed by atoms with van der Waals surface area (Å²) in [7, 11) is 1.45. The van der Waals surface area contributed by atoms with Gasteiger partial charge in [-0.3, -0.25) is 9.88 Å². The van der Waals surface area contributed by atoms with E-state index in [2.05, 4.69) is 11.6 Å². The molecule has 1 atom stereocenters. The van der Waals surface area contributed by atoms with Crippen molar-refractivity contribution in [3.8, 4) is 0 Å². The lowest BCUT2D eigenvalue weighted by atomic mass is 9.96. The molecule has 0 spiro atoms. The van der Waals surface area contributed by atoms with E-state index in [1.165, 1.54) is 11.9 Å². The van der Waals surface area contributed by atoms with Gasteiger partial charge in [-0.05, 0) is 31.2 Å². The molecule has 0 N–H and O–H groups in total. The number of rotatable bonds is 5. The van der Waals surface area contributed by atoms with Crippen LogP contribution in [0.3, 0.4) is 0 Å². The van der Waals surface area contributed by atoms with Gasteiger partial charge in [0.1, 0.15) is 0 Å². The predicted octanol–water partition coefficient (Wildman–Crippen LogP) is 3.22. The Morgan fingerprint density at radius 3 is 2.81 bits per heavy atom. The second-order valence-electron chi connectivity index (χ2n) is 5.32. The Labute approximate surface area is 122 Å². The Balaban J connectivity index is 2.20. The number of nitrogens with zero attached hydrogens (tertiary/aromatic N) is 2. The zero-order valence-corrected chi connectivity index (χ0v) is 12.0. The molecule has 116 valence electrons. The second kappa shape index (κ2) is 6.58. The van der Waals surface area contributed by atoms with Crippen LogP contribution < -0.4 is 0 Å². The van der Waals surface area contributed by atoms with Crippen molar-refractivity contribution >= 4 is 6.08 Å². The van der Waals surface area contributed by atoms with Gasteiger partial charge >= 0.3 is 6.18 Å². The molecule has 3 nitrogen and oxygen atoms in total. The van der Waals surface area contributed by atoms with Gasteiger partial charge in [0.2, 0.25) is 0 Å². The lowest BCUT2D eigenvalue weighted by Crippen LogP contribution is -2.31. The van der Waals surface area contributed by atoms with Crippen LogP contribution >= 0.6 is 0 Å². The monoisotopic (exact) mass is 300 g/mol. The first-order valence-corrected chi connectivity index (χ1v) is 6.84. The van der Waals surface area contributed by atoms with Crippen molar-refractivity contribution in [1.82, 2.24) is 9.88 Å². The molecule has 21 heavy (non-hydrogen) atoms. The van der Waals surface area contributed by atoms with Gasteiger partial charge in [0.15, 0.2) is 0 Å². The molecule has 0 saturated carbocycles. The third-order valence-corrected chi connectivity index (χ3v) is 3.48. The van der Waals surface area contributed by atoms with Crippen LogP contribution in [0.4, 0.5) is 13.2 Å². The highest BCUT2D eigenvalue weighted by Crippen LogP contribution is 2.28. The zero-order valence-electron chi connectivity index (χ0n) is 12.0. The van der Waals surface area contributed by atoms with Gasteiger partial charge in [-0.15, -0.1) is 0 Å². The number of alkyl halides is 3. The average Bonchev–Trinajstić information content (AvgIpc) is 2.90. The first kappa shape index (κ1) is 16.0. The minimum atomic E-state index is -4.21. The molecular weight excluding hydrogens is 281 g/mol. The molecule has 0 aliphatic carbocycles. The molecule has 0 radical (unpaired) electrons. The van der Waals surface area contributed by atoms with Gasteiger partial charge in [0, 0.05) is 19.1 Å². The van der Waals surface area contributed by atoms with Crippen LogP contribution in [0.5, 0.6) is 0 Å². The van der Waals surface area contributed by atoms with Crippen molar-refractivity contribution in [2.24, 2.45) is 0 Å². The Hall–Kier alpha value is -1.40. The third-order valence-electron chi connectivity index (χ3n) is 3.48. The molecule has 1 aliphatic rings. The van der Waals surface area contributed by atoms with Crippen LogP contribution in [0.25, 0.3) is 6.08 Å². The summed E-state index contributed by atoms with van der Waals surface area (Å²) in [5.41, 5.74) is 2.33. The lowest BCUT2D eigenvalue weighted by molar-refractivity contribution is -0.144. The molecule has 0 aromatic carbocycles. The fraction of sp³-hybridized carbons (Fsp3) is 0.533. The molecule has 1 saturated heterocycles. The highest BCUT2D eigenvalue weighted by Gasteiger charge is 2.30. The van der Waals surface area contributed by atoms with E-state index in [0.717, 1.165) is 12.0 Å². The minimum Gasteiger partial charge on any atom is -0.381 e. The maximum absolute atomic E-state index is 12.5. The van der Waals surface area contributed by atoms with E-state index < -0.39 is 12.7 Å². The first-order chi connectivity index (χ1) is 9.89. The SMILES string of the molecule is C=Cc1ccc(C2CCOC2)c(CN(C)CC(F)(F)F)n1. The van der Waals surface area contributed by atoms with Crippen LogP contribution in [0.15, 0.2) is 18.7 Å². The van der Waals surface area contributed by atoms with Gasteiger partial charge in [-0.1, -0.05) is 12.6 Å². The number of pyridine rings is 1. The van der Waals surface area contributed by atoms with E-state index in [1.54, 1.807) is 6.08 Å². The molecule has 6 heteroatoms. The molecule has 1 aromatic heterocycles. The average molecular weight is 300 g/mol. The Bertz CT molecular complexity index is 496. The van der Waals surface area contributed by atoms with E-state index in [0.29, 0.717) is 24.6 Å². The standard InChI is InChI=1S/C15H19F3N2O/c1-3-12-4-5-13(11-6-7-21-9-11)14(19-12)8-20(2)10-15(16,17)18/h3-5,11H,1,6-10H2,2H3. The number of hydrogen-bond acceptors (Lipinski definition) is 3. The Kier molecular flexibility index (Phi) is 5.00. The Morgan fingerprint density at radius 1 is 1.48 bits per heavy atom. The molecular formula is C15H19F3N2O. The highest BCUT2D eigenvalue weighted by atomic mass is 19.4. The predicted molar refractivity (Wildman–Crippen MR) is 74.9 cm³/mol. The third kappa shape index (κ3) is 4.54. The summed E-state index contributed by atoms with van der Waals surface area (Å²) in [6, 6.07) is 3.77. The van der Waals surface area contributed by atoms with Crippen LogP contribution in [-0.2, 0) is 11.3 Å². The summed E-state index contributed by atoms with van der Waals surface area (Å²) in [6.07, 6.45) is -1.73. The molecule has 2 rings (SSSR count). The van der Waals surface area contributed by atoms with Crippen molar-refractivity contribution in [2.45, 2.75) is 25.1 Å². The molecule has 2 heterocycles. The van der Waals surface area contributed by atoms with E-state index in [9.17, 15) is 13.2 Å². The van der Waals surface area contributed by atoms with Gasteiger partial charge in [-0.2, -0.15) is 13.2 Å². The van der Waals surface area contributed by atoms with Gasteiger partial charge < -0.3 is 4.74 Å². The van der Waals surface area contributed by atoms with Gasteiger partial charge in [-0.25, -0.2) is 0 Å². The quantitative estimate of drug-likeness (QED) is 0.835. The van der Waals surface area contributed by atoms with E-state index in [1.807, 2.05) is 12.1 Å². The summed E-state index contributed by atoms with van der Waals surface area (Å²) in [6.45, 7) is 4.15. The van der Waals surface area contributed by atoms with Crippen molar-refractivity contribution < 1.29 is 17.9 Å². The molecule has 0 bridgehead atoms. The van der Waals surface area contributed by atoms with E-state index in [4.69, 9.17) is 4.74 Å².